The number of hydrogen-bond donors (Lipinski definition) is 2. The van der Waals surface area contributed by atoms with Gasteiger partial charge in [-0.25, -0.2) is 4.79 Å². The van der Waals surface area contributed by atoms with Crippen LogP contribution >= 0.6 is 0 Å². The molecule has 17 heavy (non-hydrogen) atoms. The molecule has 3 N–H and O–H groups in total. The molecule has 0 unspecified atom stereocenters. The van der Waals surface area contributed by atoms with Gasteiger partial charge in [0.2, 0.25) is 0 Å². The molecule has 0 saturated heterocycles. The summed E-state index contributed by atoms with van der Waals surface area (Å²) in [5.74, 6) is -0.476. The summed E-state index contributed by atoms with van der Waals surface area (Å²) in [5.41, 5.74) is 8.43. The first kappa shape index (κ1) is 11.5. The Balaban J connectivity index is 2.39. The smallest absolute Gasteiger partial charge is 0.408 e. The minimum absolute atomic E-state index is 0.469. The molecule has 0 aliphatic rings. The second-order valence-corrected chi connectivity index (χ2v) is 3.84. The van der Waals surface area contributed by atoms with Crippen molar-refractivity contribution in [3.05, 3.63) is 22.7 Å². The van der Waals surface area contributed by atoms with E-state index < -0.39 is 5.76 Å². The van der Waals surface area contributed by atoms with Crippen LogP contribution in [-0.4, -0.2) is 32.3 Å². The van der Waals surface area contributed by atoms with Gasteiger partial charge in [0.1, 0.15) is 0 Å². The molecule has 1 heterocycles. The third-order valence-corrected chi connectivity index (χ3v) is 2.61. The first-order valence-corrected chi connectivity index (χ1v) is 5.24. The topological polar surface area (TPSA) is 84.5 Å². The first-order chi connectivity index (χ1) is 8.11. The number of benzene rings is 1. The zero-order valence-corrected chi connectivity index (χ0v) is 9.82. The van der Waals surface area contributed by atoms with Crippen molar-refractivity contribution in [2.75, 3.05) is 37.9 Å². The number of nitrogen functional groups attached to an aromatic ring is 1. The van der Waals surface area contributed by atoms with E-state index in [1.807, 2.05) is 11.9 Å². The van der Waals surface area contributed by atoms with Gasteiger partial charge in [-0.2, -0.15) is 0 Å². The number of hydrogen-bond acceptors (Lipinski definition) is 5. The van der Waals surface area contributed by atoms with Gasteiger partial charge in [-0.1, -0.05) is 0 Å². The van der Waals surface area contributed by atoms with Crippen molar-refractivity contribution in [2.24, 2.45) is 0 Å². The minimum Gasteiger partial charge on any atom is -0.408 e. The zero-order chi connectivity index (χ0) is 12.4. The van der Waals surface area contributed by atoms with E-state index in [-0.39, 0.29) is 0 Å². The Morgan fingerprint density at radius 1 is 1.53 bits per heavy atom. The van der Waals surface area contributed by atoms with Gasteiger partial charge in [-0.05, 0) is 6.07 Å². The van der Waals surface area contributed by atoms with E-state index in [9.17, 15) is 4.79 Å². The molecule has 0 bridgehead atoms. The van der Waals surface area contributed by atoms with Gasteiger partial charge >= 0.3 is 5.76 Å². The van der Waals surface area contributed by atoms with Crippen molar-refractivity contribution in [3.8, 4) is 0 Å². The van der Waals surface area contributed by atoms with E-state index in [1.165, 1.54) is 0 Å². The number of rotatable bonds is 4. The number of nitrogens with zero attached hydrogens (tertiary/aromatic N) is 1. The number of aromatic amines is 1. The average molecular weight is 237 g/mol. The monoisotopic (exact) mass is 237 g/mol. The van der Waals surface area contributed by atoms with E-state index >= 15 is 0 Å². The van der Waals surface area contributed by atoms with Crippen molar-refractivity contribution >= 4 is 22.5 Å². The van der Waals surface area contributed by atoms with Crippen LogP contribution in [0.2, 0.25) is 0 Å². The number of methoxy groups -OCH3 is 1. The molecule has 1 aromatic carbocycles. The van der Waals surface area contributed by atoms with Crippen LogP contribution in [0.4, 0.5) is 11.4 Å². The number of nitrogens with two attached hydrogens (primary N) is 1. The summed E-state index contributed by atoms with van der Waals surface area (Å²) in [6, 6.07) is 3.44. The number of anilines is 2. The second kappa shape index (κ2) is 4.50. The third-order valence-electron chi connectivity index (χ3n) is 2.61. The summed E-state index contributed by atoms with van der Waals surface area (Å²) in [6.07, 6.45) is 0. The molecule has 0 spiro atoms. The van der Waals surface area contributed by atoms with E-state index in [4.69, 9.17) is 14.9 Å². The van der Waals surface area contributed by atoms with Crippen LogP contribution in [0, 0.1) is 0 Å². The first-order valence-electron chi connectivity index (χ1n) is 5.24. The molecule has 0 fully saturated rings. The summed E-state index contributed by atoms with van der Waals surface area (Å²) in [7, 11) is 3.56. The molecule has 2 aromatic rings. The van der Waals surface area contributed by atoms with Gasteiger partial charge in [-0.3, -0.25) is 4.98 Å². The number of ether oxygens (including phenoxy) is 1. The Morgan fingerprint density at radius 2 is 2.29 bits per heavy atom. The molecule has 6 heteroatoms. The minimum atomic E-state index is -0.476. The lowest BCUT2D eigenvalue weighted by Crippen LogP contribution is -2.22. The van der Waals surface area contributed by atoms with Gasteiger partial charge < -0.3 is 19.8 Å². The lowest BCUT2D eigenvalue weighted by molar-refractivity contribution is 0.206. The summed E-state index contributed by atoms with van der Waals surface area (Å²) in [6.45, 7) is 1.32. The van der Waals surface area contributed by atoms with Crippen LogP contribution in [0.1, 0.15) is 0 Å². The molecule has 2 rings (SSSR count). The number of oxazole rings is 1. The van der Waals surface area contributed by atoms with Crippen LogP contribution in [0.25, 0.3) is 11.1 Å². The lowest BCUT2D eigenvalue weighted by atomic mass is 10.2. The second-order valence-electron chi connectivity index (χ2n) is 3.84. The number of likely N-dealkylation sites (N-methyl/N-ethyl adjacent to an activating group) is 1. The average Bonchev–Trinajstić information content (AvgIpc) is 2.64. The molecule has 92 valence electrons. The highest BCUT2D eigenvalue weighted by molar-refractivity contribution is 5.85. The molecule has 0 saturated carbocycles. The van der Waals surface area contributed by atoms with Gasteiger partial charge in [0.15, 0.2) is 5.58 Å². The van der Waals surface area contributed by atoms with E-state index in [0.717, 1.165) is 5.69 Å². The van der Waals surface area contributed by atoms with Crippen LogP contribution in [0.15, 0.2) is 21.3 Å². The normalized spacial score (nSPS) is 10.9. The number of nitrogens with one attached hydrogen (secondary N) is 1. The van der Waals surface area contributed by atoms with Crippen LogP contribution < -0.4 is 16.4 Å². The fourth-order valence-electron chi connectivity index (χ4n) is 1.68. The molecule has 0 amide bonds. The predicted molar refractivity (Wildman–Crippen MR) is 66.4 cm³/mol. The number of H-pyrrole nitrogens is 1. The van der Waals surface area contributed by atoms with Gasteiger partial charge in [0, 0.05) is 26.8 Å². The zero-order valence-electron chi connectivity index (χ0n) is 9.82. The maximum absolute atomic E-state index is 11.1. The molecular formula is C11H15N3O3. The standard InChI is InChI=1S/C11H15N3O3/c1-14(3-4-16-2)9-6-8-10(5-7(9)12)17-11(15)13-8/h5-6H,3-4,12H2,1-2H3,(H,13,15). The van der Waals surface area contributed by atoms with Crippen LogP contribution in [-0.2, 0) is 4.74 Å². The largest absolute Gasteiger partial charge is 0.417 e. The predicted octanol–water partition coefficient (Wildman–Crippen LogP) is 0.786. The highest BCUT2D eigenvalue weighted by Gasteiger charge is 2.10. The van der Waals surface area contributed by atoms with Crippen molar-refractivity contribution in [2.45, 2.75) is 0 Å². The van der Waals surface area contributed by atoms with Crippen LogP contribution in [0.3, 0.4) is 0 Å². The Bertz CT molecular complexity index is 573. The summed E-state index contributed by atoms with van der Waals surface area (Å²) >= 11 is 0. The highest BCUT2D eigenvalue weighted by atomic mass is 16.5. The van der Waals surface area contributed by atoms with Crippen molar-refractivity contribution in [3.63, 3.8) is 0 Å². The van der Waals surface area contributed by atoms with Gasteiger partial charge in [0.05, 0.1) is 23.5 Å². The Labute approximate surface area is 98.0 Å². The quantitative estimate of drug-likeness (QED) is 0.768. The molecule has 0 radical (unpaired) electrons. The molecule has 0 atom stereocenters. The van der Waals surface area contributed by atoms with Gasteiger partial charge in [0.25, 0.3) is 0 Å². The Kier molecular flexibility index (Phi) is 3.06. The fraction of sp³-hybridized carbons (Fsp3) is 0.364. The SMILES string of the molecule is COCCN(C)c1cc2[nH]c(=O)oc2cc1N. The highest BCUT2D eigenvalue weighted by Crippen LogP contribution is 2.26. The molecular weight excluding hydrogens is 222 g/mol. The van der Waals surface area contributed by atoms with E-state index in [0.29, 0.717) is 29.9 Å². The molecule has 1 aromatic heterocycles. The van der Waals surface area contributed by atoms with Crippen molar-refractivity contribution in [1.29, 1.82) is 0 Å². The summed E-state index contributed by atoms with van der Waals surface area (Å²) in [5, 5.41) is 0. The molecule has 6 nitrogen and oxygen atoms in total. The fourth-order valence-corrected chi connectivity index (χ4v) is 1.68. The van der Waals surface area contributed by atoms with Crippen molar-refractivity contribution in [1.82, 2.24) is 4.98 Å². The molecule has 0 aliphatic heterocycles. The van der Waals surface area contributed by atoms with Crippen LogP contribution in [0.5, 0.6) is 0 Å². The van der Waals surface area contributed by atoms with Crippen molar-refractivity contribution < 1.29 is 9.15 Å². The Hall–Kier alpha value is -1.95. The third kappa shape index (κ3) is 2.26. The Morgan fingerprint density at radius 3 is 3.00 bits per heavy atom. The lowest BCUT2D eigenvalue weighted by Gasteiger charge is -2.20. The number of fused-ring (bicyclic) bond motifs is 1. The van der Waals surface area contributed by atoms with E-state index in [2.05, 4.69) is 4.98 Å². The summed E-state index contributed by atoms with van der Waals surface area (Å²) in [4.78, 5) is 15.6. The molecule has 0 aliphatic carbocycles. The number of aromatic nitrogens is 1. The maximum Gasteiger partial charge on any atom is 0.417 e. The summed E-state index contributed by atoms with van der Waals surface area (Å²) < 4.78 is 9.94. The van der Waals surface area contributed by atoms with Gasteiger partial charge in [-0.15, -0.1) is 0 Å². The van der Waals surface area contributed by atoms with E-state index in [1.54, 1.807) is 19.2 Å². The maximum atomic E-state index is 11.1.